The van der Waals surface area contributed by atoms with Gasteiger partial charge in [0.2, 0.25) is 5.91 Å². The quantitative estimate of drug-likeness (QED) is 0.783. The zero-order chi connectivity index (χ0) is 19.9. The Kier molecular flexibility index (Phi) is 7.14. The largest absolute Gasteiger partial charge is 0.494 e. The number of carbonyl (C=O) groups excluding carboxylic acids is 2. The number of likely N-dealkylation sites (N-methyl/N-ethyl adjacent to an activating group) is 1. The summed E-state index contributed by atoms with van der Waals surface area (Å²) in [5.74, 6) is 0.904. The first-order chi connectivity index (χ1) is 13.6. The molecule has 0 radical (unpaired) electrons. The second-order valence-electron chi connectivity index (χ2n) is 7.53. The Bertz CT molecular complexity index is 656. The van der Waals surface area contributed by atoms with Crippen LogP contribution in [0.1, 0.15) is 44.2 Å². The van der Waals surface area contributed by atoms with Gasteiger partial charge in [0, 0.05) is 32.7 Å². The molecular weight excluding hydrogens is 356 g/mol. The van der Waals surface area contributed by atoms with Gasteiger partial charge in [-0.15, -0.1) is 0 Å². The van der Waals surface area contributed by atoms with Crippen molar-refractivity contribution in [3.63, 3.8) is 0 Å². The summed E-state index contributed by atoms with van der Waals surface area (Å²) >= 11 is 0. The van der Waals surface area contributed by atoms with E-state index < -0.39 is 0 Å². The van der Waals surface area contributed by atoms with E-state index in [0.717, 1.165) is 56.6 Å². The van der Waals surface area contributed by atoms with Crippen LogP contribution in [0.3, 0.4) is 0 Å². The zero-order valence-electron chi connectivity index (χ0n) is 16.9. The van der Waals surface area contributed by atoms with Crippen LogP contribution in [0.2, 0.25) is 0 Å². The van der Waals surface area contributed by atoms with Crippen LogP contribution in [0.25, 0.3) is 0 Å². The summed E-state index contributed by atoms with van der Waals surface area (Å²) in [7, 11) is 1.66. The van der Waals surface area contributed by atoms with E-state index in [1.807, 2.05) is 24.0 Å². The van der Waals surface area contributed by atoms with Gasteiger partial charge >= 0.3 is 6.03 Å². The number of amides is 3. The average molecular weight is 389 g/mol. The molecule has 2 N–H and O–H groups in total. The second-order valence-corrected chi connectivity index (χ2v) is 7.53. The highest BCUT2D eigenvalue weighted by atomic mass is 16.5. The van der Waals surface area contributed by atoms with E-state index in [0.29, 0.717) is 13.2 Å². The molecule has 2 aliphatic heterocycles. The molecule has 2 saturated heterocycles. The molecule has 1 aromatic carbocycles. The Morgan fingerprint density at radius 1 is 1.11 bits per heavy atom. The van der Waals surface area contributed by atoms with Gasteiger partial charge in [-0.2, -0.15) is 0 Å². The number of nitrogens with zero attached hydrogens (tertiary/aromatic N) is 2. The van der Waals surface area contributed by atoms with Crippen LogP contribution in [-0.2, 0) is 4.79 Å². The second kappa shape index (κ2) is 9.78. The minimum absolute atomic E-state index is 0.0288. The molecule has 2 heterocycles. The first-order valence-electron chi connectivity index (χ1n) is 10.3. The van der Waals surface area contributed by atoms with Gasteiger partial charge in [0.15, 0.2) is 0 Å². The minimum Gasteiger partial charge on any atom is -0.494 e. The fourth-order valence-electron chi connectivity index (χ4n) is 4.08. The monoisotopic (exact) mass is 388 g/mol. The summed E-state index contributed by atoms with van der Waals surface area (Å²) in [6.45, 7) is 5.52. The predicted octanol–water partition coefficient (Wildman–Crippen LogP) is 2.14. The third-order valence-electron chi connectivity index (χ3n) is 5.65. The van der Waals surface area contributed by atoms with Gasteiger partial charge in [0.25, 0.3) is 0 Å². The van der Waals surface area contributed by atoms with Crippen LogP contribution >= 0.6 is 0 Å². The van der Waals surface area contributed by atoms with Crippen molar-refractivity contribution in [2.24, 2.45) is 0 Å². The van der Waals surface area contributed by atoms with Crippen molar-refractivity contribution in [2.75, 3.05) is 39.8 Å². The number of rotatable bonds is 6. The highest BCUT2D eigenvalue weighted by Gasteiger charge is 2.31. The summed E-state index contributed by atoms with van der Waals surface area (Å²) in [5, 5.41) is 5.87. The van der Waals surface area contributed by atoms with E-state index >= 15 is 0 Å². The van der Waals surface area contributed by atoms with Crippen LogP contribution in [0.4, 0.5) is 4.79 Å². The van der Waals surface area contributed by atoms with Crippen LogP contribution < -0.4 is 15.4 Å². The Hall–Kier alpha value is -2.28. The third kappa shape index (κ3) is 5.16. The fraction of sp³-hybridized carbons (Fsp3) is 0.619. The topological polar surface area (TPSA) is 73.9 Å². The number of carbonyl (C=O) groups is 2. The zero-order valence-corrected chi connectivity index (χ0v) is 16.9. The first kappa shape index (κ1) is 20.5. The number of likely N-dealkylation sites (tertiary alicyclic amines) is 2. The van der Waals surface area contributed by atoms with Crippen LogP contribution in [-0.4, -0.2) is 67.6 Å². The molecule has 0 bridgehead atoms. The van der Waals surface area contributed by atoms with E-state index in [9.17, 15) is 9.59 Å². The lowest BCUT2D eigenvalue weighted by atomic mass is 10.0. The molecule has 1 atom stereocenters. The van der Waals surface area contributed by atoms with E-state index in [-0.39, 0.29) is 24.0 Å². The Morgan fingerprint density at radius 2 is 1.82 bits per heavy atom. The number of nitrogens with one attached hydrogen (secondary N) is 2. The molecule has 7 nitrogen and oxygen atoms in total. The summed E-state index contributed by atoms with van der Waals surface area (Å²) < 4.78 is 5.52. The highest BCUT2D eigenvalue weighted by Crippen LogP contribution is 2.33. The van der Waals surface area contributed by atoms with Gasteiger partial charge < -0.3 is 20.3 Å². The lowest BCUT2D eigenvalue weighted by Gasteiger charge is -2.34. The molecule has 7 heteroatoms. The van der Waals surface area contributed by atoms with Crippen LogP contribution in [0.5, 0.6) is 5.75 Å². The molecule has 0 spiro atoms. The number of urea groups is 1. The lowest BCUT2D eigenvalue weighted by molar-refractivity contribution is -0.122. The molecule has 154 valence electrons. The van der Waals surface area contributed by atoms with E-state index in [4.69, 9.17) is 4.74 Å². The Morgan fingerprint density at radius 3 is 2.46 bits per heavy atom. The molecule has 0 aromatic heterocycles. The highest BCUT2D eigenvalue weighted by molar-refractivity contribution is 5.77. The van der Waals surface area contributed by atoms with Gasteiger partial charge in [-0.3, -0.25) is 9.69 Å². The van der Waals surface area contributed by atoms with E-state index in [2.05, 4.69) is 27.7 Å². The van der Waals surface area contributed by atoms with Crippen LogP contribution in [0.15, 0.2) is 24.3 Å². The SMILES string of the molecule is CCOc1ccc(C2CCCN2C(=O)NC2CCN(CC(=O)NC)CC2)cc1. The molecule has 3 amide bonds. The average Bonchev–Trinajstić information content (AvgIpc) is 3.20. The molecule has 2 aliphatic rings. The Labute approximate surface area is 167 Å². The maximum Gasteiger partial charge on any atom is 0.318 e. The van der Waals surface area contributed by atoms with Crippen molar-refractivity contribution in [2.45, 2.75) is 44.7 Å². The molecule has 2 fully saturated rings. The van der Waals surface area contributed by atoms with Gasteiger partial charge in [-0.05, 0) is 50.3 Å². The maximum absolute atomic E-state index is 12.9. The molecule has 0 aliphatic carbocycles. The molecule has 28 heavy (non-hydrogen) atoms. The number of ether oxygens (including phenoxy) is 1. The van der Waals surface area contributed by atoms with Crippen molar-refractivity contribution >= 4 is 11.9 Å². The molecule has 1 aromatic rings. The number of benzene rings is 1. The molecular formula is C21H32N4O3. The van der Waals surface area contributed by atoms with Crippen molar-refractivity contribution in [1.82, 2.24) is 20.4 Å². The fourth-order valence-corrected chi connectivity index (χ4v) is 4.08. The normalized spacial score (nSPS) is 20.8. The Balaban J connectivity index is 1.51. The molecule has 3 rings (SSSR count). The molecule has 1 unspecified atom stereocenters. The number of hydrogen-bond acceptors (Lipinski definition) is 4. The standard InChI is InChI=1S/C21H32N4O3/c1-3-28-18-8-6-16(7-9-18)19-5-4-12-25(19)21(27)23-17-10-13-24(14-11-17)15-20(26)22-2/h6-9,17,19H,3-5,10-15H2,1-2H3,(H,22,26)(H,23,27). The van der Waals surface area contributed by atoms with E-state index in [1.54, 1.807) is 7.05 Å². The first-order valence-corrected chi connectivity index (χ1v) is 10.3. The summed E-state index contributed by atoms with van der Waals surface area (Å²) in [6, 6.07) is 8.43. The predicted molar refractivity (Wildman–Crippen MR) is 108 cm³/mol. The third-order valence-corrected chi connectivity index (χ3v) is 5.65. The smallest absolute Gasteiger partial charge is 0.318 e. The van der Waals surface area contributed by atoms with Crippen molar-refractivity contribution in [3.8, 4) is 5.75 Å². The van der Waals surface area contributed by atoms with Crippen molar-refractivity contribution in [3.05, 3.63) is 29.8 Å². The minimum atomic E-state index is 0.0288. The molecule has 0 saturated carbocycles. The summed E-state index contributed by atoms with van der Waals surface area (Å²) in [5.41, 5.74) is 1.16. The number of piperidine rings is 1. The van der Waals surface area contributed by atoms with Crippen LogP contribution in [0, 0.1) is 0 Å². The van der Waals surface area contributed by atoms with Crippen molar-refractivity contribution in [1.29, 1.82) is 0 Å². The van der Waals surface area contributed by atoms with E-state index in [1.165, 1.54) is 0 Å². The number of hydrogen-bond donors (Lipinski definition) is 2. The summed E-state index contributed by atoms with van der Waals surface area (Å²) in [6.07, 6.45) is 3.77. The summed E-state index contributed by atoms with van der Waals surface area (Å²) in [4.78, 5) is 28.5. The van der Waals surface area contributed by atoms with Crippen molar-refractivity contribution < 1.29 is 14.3 Å². The maximum atomic E-state index is 12.9. The van der Waals surface area contributed by atoms with Gasteiger partial charge in [-0.25, -0.2) is 4.79 Å². The van der Waals surface area contributed by atoms with Gasteiger partial charge in [-0.1, -0.05) is 12.1 Å². The van der Waals surface area contributed by atoms with Gasteiger partial charge in [0.1, 0.15) is 5.75 Å². The lowest BCUT2D eigenvalue weighted by Crippen LogP contribution is -2.50. The van der Waals surface area contributed by atoms with Gasteiger partial charge in [0.05, 0.1) is 19.2 Å².